The second kappa shape index (κ2) is 15.7. The van der Waals surface area contributed by atoms with Crippen molar-refractivity contribution < 1.29 is 24.0 Å². The Hall–Kier alpha value is -6.59. The number of hydrogen-bond acceptors (Lipinski definition) is 12. The predicted molar refractivity (Wildman–Crippen MR) is 232 cm³/mol. The summed E-state index contributed by atoms with van der Waals surface area (Å²) >= 11 is 6.69. The SMILES string of the molecule is CN(C)C(=O)c1cc2c(-c3ccccc3)nc(Nc3ccc(N4CCC(CN5CC6CCC5CN6c5ccc6c(c5)C(=O)N(N5CCC(=O)NC5=O)C6=O)CC4)cn3)nc2n1Cl. The van der Waals surface area contributed by atoms with E-state index in [4.69, 9.17) is 26.7 Å². The summed E-state index contributed by atoms with van der Waals surface area (Å²) in [6.07, 6.45) is 6.22. The molecular formula is C44H45ClN12O5. The number of pyridine rings is 1. The molecule has 18 heteroatoms. The highest BCUT2D eigenvalue weighted by Crippen LogP contribution is 2.38. The molecule has 9 heterocycles. The lowest BCUT2D eigenvalue weighted by Gasteiger charge is -2.53. The Morgan fingerprint density at radius 2 is 1.61 bits per heavy atom. The Morgan fingerprint density at radius 3 is 2.32 bits per heavy atom. The Morgan fingerprint density at radius 1 is 0.855 bits per heavy atom. The zero-order chi connectivity index (χ0) is 42.8. The van der Waals surface area contributed by atoms with E-state index in [1.807, 2.05) is 48.7 Å². The highest BCUT2D eigenvalue weighted by Gasteiger charge is 2.45. The van der Waals surface area contributed by atoms with Crippen molar-refractivity contribution in [2.75, 3.05) is 68.5 Å². The number of imide groups is 2. The Bertz CT molecular complexity index is 2630. The molecule has 2 N–H and O–H groups in total. The summed E-state index contributed by atoms with van der Waals surface area (Å²) in [6, 6.07) is 20.7. The van der Waals surface area contributed by atoms with Gasteiger partial charge in [0.1, 0.15) is 11.5 Å². The topological polar surface area (TPSA) is 172 Å². The van der Waals surface area contributed by atoms with Crippen molar-refractivity contribution >= 4 is 75.6 Å². The summed E-state index contributed by atoms with van der Waals surface area (Å²) in [6.45, 7) is 4.67. The number of piperazine rings is 1. The predicted octanol–water partition coefficient (Wildman–Crippen LogP) is 4.96. The maximum absolute atomic E-state index is 13.5. The third kappa shape index (κ3) is 7.03. The summed E-state index contributed by atoms with van der Waals surface area (Å²) in [4.78, 5) is 86.9. The first-order chi connectivity index (χ1) is 30.0. The van der Waals surface area contributed by atoms with E-state index in [0.717, 1.165) is 85.4 Å². The quantitative estimate of drug-likeness (QED) is 0.191. The second-order valence-corrected chi connectivity index (χ2v) is 17.2. The monoisotopic (exact) mass is 856 g/mol. The molecule has 0 aliphatic carbocycles. The van der Waals surface area contributed by atoms with Gasteiger partial charge in [-0.05, 0) is 68.0 Å². The Kier molecular flexibility index (Phi) is 10.0. The molecule has 0 spiro atoms. The Balaban J connectivity index is 0.757. The van der Waals surface area contributed by atoms with Crippen molar-refractivity contribution in [2.24, 2.45) is 5.92 Å². The average molecular weight is 857 g/mol. The van der Waals surface area contributed by atoms with Crippen LogP contribution in [0.4, 0.5) is 27.9 Å². The molecule has 5 fully saturated rings. The van der Waals surface area contributed by atoms with Gasteiger partial charge in [-0.15, -0.1) is 0 Å². The molecule has 2 bridgehead atoms. The first-order valence-corrected chi connectivity index (χ1v) is 21.3. The zero-order valence-corrected chi connectivity index (χ0v) is 35.1. The lowest BCUT2D eigenvalue weighted by Crippen LogP contribution is -2.63. The third-order valence-electron chi connectivity index (χ3n) is 12.8. The van der Waals surface area contributed by atoms with Gasteiger partial charge in [-0.1, -0.05) is 30.3 Å². The number of aromatic nitrogens is 4. The van der Waals surface area contributed by atoms with Gasteiger partial charge in [0.05, 0.1) is 35.2 Å². The number of nitrogens with zero attached hydrogens (tertiary/aromatic N) is 10. The van der Waals surface area contributed by atoms with Gasteiger partial charge in [0.2, 0.25) is 11.9 Å². The molecule has 3 aromatic heterocycles. The highest BCUT2D eigenvalue weighted by atomic mass is 35.5. The molecule has 0 radical (unpaired) electrons. The fourth-order valence-corrected chi connectivity index (χ4v) is 9.83. The van der Waals surface area contributed by atoms with Crippen LogP contribution in [0.3, 0.4) is 0 Å². The molecule has 2 atom stereocenters. The number of urea groups is 1. The van der Waals surface area contributed by atoms with E-state index in [9.17, 15) is 24.0 Å². The first-order valence-electron chi connectivity index (χ1n) is 21.0. The first kappa shape index (κ1) is 39.5. The number of benzene rings is 2. The van der Waals surface area contributed by atoms with Crippen molar-refractivity contribution in [3.05, 3.63) is 89.7 Å². The molecule has 0 saturated carbocycles. The van der Waals surface area contributed by atoms with Crippen LogP contribution in [-0.4, -0.2) is 134 Å². The van der Waals surface area contributed by atoms with Crippen LogP contribution in [0.2, 0.25) is 0 Å². The van der Waals surface area contributed by atoms with Crippen molar-refractivity contribution in [1.29, 1.82) is 0 Å². The minimum atomic E-state index is -0.769. The number of rotatable bonds is 9. The number of carbonyl (C=O) groups is 5. The minimum absolute atomic E-state index is 0.0182. The van der Waals surface area contributed by atoms with E-state index in [0.29, 0.717) is 52.2 Å². The Labute approximate surface area is 362 Å². The summed E-state index contributed by atoms with van der Waals surface area (Å²) in [5.74, 6) is -0.305. The van der Waals surface area contributed by atoms with E-state index in [1.54, 1.807) is 32.3 Å². The number of piperidine rings is 3. The van der Waals surface area contributed by atoms with Gasteiger partial charge in [-0.25, -0.2) is 23.9 Å². The lowest BCUT2D eigenvalue weighted by atomic mass is 9.87. The molecule has 5 aromatic rings. The summed E-state index contributed by atoms with van der Waals surface area (Å²) in [5.41, 5.74) is 4.73. The second-order valence-electron chi connectivity index (χ2n) is 16.8. The van der Waals surface area contributed by atoms with E-state index in [2.05, 4.69) is 31.4 Å². The molecule has 318 valence electrons. The molecule has 6 aliphatic rings. The molecule has 2 aromatic carbocycles. The number of nitrogens with one attached hydrogen (secondary N) is 2. The van der Waals surface area contributed by atoms with Gasteiger partial charge in [-0.3, -0.25) is 29.4 Å². The van der Waals surface area contributed by atoms with Crippen LogP contribution >= 0.6 is 11.8 Å². The number of hydrazine groups is 1. The van der Waals surface area contributed by atoms with Crippen LogP contribution in [0.15, 0.2) is 72.9 Å². The molecule has 2 unspecified atom stereocenters. The van der Waals surface area contributed by atoms with Gasteiger partial charge in [0, 0.05) is 93.7 Å². The van der Waals surface area contributed by atoms with Crippen LogP contribution in [0.25, 0.3) is 22.3 Å². The molecule has 6 aliphatic heterocycles. The summed E-state index contributed by atoms with van der Waals surface area (Å²) in [7, 11) is 3.36. The van der Waals surface area contributed by atoms with Crippen molar-refractivity contribution in [2.45, 2.75) is 44.2 Å². The van der Waals surface area contributed by atoms with E-state index >= 15 is 0 Å². The lowest BCUT2D eigenvalue weighted by molar-refractivity contribution is -0.122. The minimum Gasteiger partial charge on any atom is -0.370 e. The molecule has 17 nitrogen and oxygen atoms in total. The number of anilines is 4. The largest absolute Gasteiger partial charge is 0.370 e. The van der Waals surface area contributed by atoms with Crippen LogP contribution in [0, 0.1) is 5.92 Å². The van der Waals surface area contributed by atoms with Crippen molar-refractivity contribution in [1.82, 2.24) is 44.2 Å². The van der Waals surface area contributed by atoms with Crippen LogP contribution in [-0.2, 0) is 4.79 Å². The third-order valence-corrected chi connectivity index (χ3v) is 13.2. The van der Waals surface area contributed by atoms with E-state index < -0.39 is 23.8 Å². The van der Waals surface area contributed by atoms with Crippen LogP contribution in [0.1, 0.15) is 63.3 Å². The fraction of sp³-hybridized carbons (Fsp3) is 0.364. The molecule has 11 rings (SSSR count). The average Bonchev–Trinajstić information content (AvgIpc) is 3.75. The smallest absolute Gasteiger partial charge is 0.343 e. The highest BCUT2D eigenvalue weighted by molar-refractivity contribution is 6.23. The van der Waals surface area contributed by atoms with Crippen molar-refractivity contribution in [3.8, 4) is 11.3 Å². The van der Waals surface area contributed by atoms with E-state index in [-0.39, 0.29) is 30.0 Å². The normalized spacial score (nSPS) is 20.6. The number of hydrogen-bond donors (Lipinski definition) is 2. The maximum atomic E-state index is 13.5. The molecular weight excluding hydrogens is 812 g/mol. The molecule has 6 amide bonds. The van der Waals surface area contributed by atoms with E-state index in [1.165, 1.54) is 8.99 Å². The van der Waals surface area contributed by atoms with Gasteiger partial charge in [0.15, 0.2) is 5.65 Å². The van der Waals surface area contributed by atoms with Gasteiger partial charge >= 0.3 is 6.03 Å². The zero-order valence-electron chi connectivity index (χ0n) is 34.3. The van der Waals surface area contributed by atoms with Crippen LogP contribution in [0.5, 0.6) is 0 Å². The summed E-state index contributed by atoms with van der Waals surface area (Å²) in [5, 5.41) is 8.00. The molecule has 62 heavy (non-hydrogen) atoms. The molecule has 5 saturated heterocycles. The summed E-state index contributed by atoms with van der Waals surface area (Å²) < 4.78 is 1.28. The standard InChI is InChI=1S/C44H45ClN12O5/c1-51(2)42(61)35-21-34-38(27-6-4-3-5-7-27)49-43(50-39(34)56(35)45)47-36-13-11-29(22-46-36)52-17-14-26(15-18-52)23-53-24-31-9-8-30(53)25-54(31)28-10-12-32-33(20-28)41(60)57(40(32)59)55-19-16-37(58)48-44(55)62/h3-7,10-13,20-22,26,30-31H,8-9,14-19,23-25H2,1-2H3,(H,48,58,62)(H,46,47,49,50). The maximum Gasteiger partial charge on any atom is 0.343 e. The fourth-order valence-electron chi connectivity index (χ4n) is 9.58. The number of halogens is 1. The van der Waals surface area contributed by atoms with Crippen molar-refractivity contribution in [3.63, 3.8) is 0 Å². The van der Waals surface area contributed by atoms with Crippen LogP contribution < -0.4 is 20.4 Å². The van der Waals surface area contributed by atoms with Gasteiger partial charge in [-0.2, -0.15) is 9.99 Å². The van der Waals surface area contributed by atoms with Gasteiger partial charge in [0.25, 0.3) is 17.7 Å². The number of amides is 6. The number of carbonyl (C=O) groups excluding carboxylic acids is 5. The van der Waals surface area contributed by atoms with Gasteiger partial charge < -0.3 is 20.0 Å². The number of fused-ring (bicyclic) bond motifs is 5.